The molecule has 1 saturated heterocycles. The van der Waals surface area contributed by atoms with E-state index in [0.717, 1.165) is 31.4 Å². The molecule has 27 heavy (non-hydrogen) atoms. The molecule has 1 aliphatic rings. The van der Waals surface area contributed by atoms with E-state index in [4.69, 9.17) is 21.7 Å². The first-order valence-electron chi connectivity index (χ1n) is 8.88. The number of pyridine rings is 1. The fourth-order valence-corrected chi connectivity index (χ4v) is 3.71. The van der Waals surface area contributed by atoms with Crippen LogP contribution < -0.4 is 14.8 Å². The highest BCUT2D eigenvalue weighted by molar-refractivity contribution is 7.80. The maximum absolute atomic E-state index is 12.9. The Hall–Kier alpha value is -2.67. The Morgan fingerprint density at radius 3 is 2.56 bits per heavy atom. The Morgan fingerprint density at radius 2 is 1.93 bits per heavy atom. The molecule has 1 N–H and O–H groups in total. The minimum atomic E-state index is -0.343. The molecule has 1 aromatic heterocycles. The molecule has 1 amide bonds. The minimum absolute atomic E-state index is 0.111. The molecule has 142 valence electrons. The van der Waals surface area contributed by atoms with Gasteiger partial charge in [-0.25, -0.2) is 0 Å². The lowest BCUT2D eigenvalue weighted by atomic mass is 9.97. The van der Waals surface area contributed by atoms with Crippen molar-refractivity contribution >= 4 is 23.2 Å². The second-order valence-corrected chi connectivity index (χ2v) is 6.67. The summed E-state index contributed by atoms with van der Waals surface area (Å²) in [5.41, 5.74) is 1.43. The molecule has 1 fully saturated rings. The molecule has 1 unspecified atom stereocenters. The number of nitrogens with zero attached hydrogens (tertiary/aromatic N) is 2. The predicted octanol–water partition coefficient (Wildman–Crippen LogP) is 3.34. The fourth-order valence-electron chi connectivity index (χ4n) is 3.40. The second kappa shape index (κ2) is 8.81. The van der Waals surface area contributed by atoms with Crippen LogP contribution >= 0.6 is 12.2 Å². The van der Waals surface area contributed by atoms with Crippen molar-refractivity contribution in [3.8, 4) is 11.5 Å². The van der Waals surface area contributed by atoms with Crippen LogP contribution in [0.25, 0.3) is 0 Å². The topological polar surface area (TPSA) is 63.7 Å². The molecule has 0 spiro atoms. The molecule has 0 aliphatic carbocycles. The average molecular weight is 385 g/mol. The monoisotopic (exact) mass is 385 g/mol. The van der Waals surface area contributed by atoms with Crippen molar-refractivity contribution in [1.82, 2.24) is 15.2 Å². The van der Waals surface area contributed by atoms with Crippen molar-refractivity contribution in [2.24, 2.45) is 0 Å². The van der Waals surface area contributed by atoms with E-state index in [1.54, 1.807) is 24.4 Å². The third-order valence-electron chi connectivity index (χ3n) is 4.71. The zero-order valence-electron chi connectivity index (χ0n) is 15.5. The smallest absolute Gasteiger partial charge is 0.264 e. The lowest BCUT2D eigenvalue weighted by Gasteiger charge is -2.37. The Labute approximate surface area is 164 Å². The molecule has 2 heterocycles. The zero-order valence-corrected chi connectivity index (χ0v) is 16.3. The Morgan fingerprint density at radius 1 is 1.19 bits per heavy atom. The van der Waals surface area contributed by atoms with Gasteiger partial charge in [0.25, 0.3) is 5.91 Å². The van der Waals surface area contributed by atoms with Crippen LogP contribution in [0.15, 0.2) is 42.7 Å². The van der Waals surface area contributed by atoms with E-state index in [-0.39, 0.29) is 11.9 Å². The molecule has 3 rings (SSSR count). The van der Waals surface area contributed by atoms with Gasteiger partial charge in [0.05, 0.1) is 20.3 Å². The Bertz CT molecular complexity index is 791. The maximum Gasteiger partial charge on any atom is 0.264 e. The molecule has 2 aromatic rings. The Balaban J connectivity index is 1.81. The molecular formula is C20H23N3O3S. The summed E-state index contributed by atoms with van der Waals surface area (Å²) in [7, 11) is 3.04. The average Bonchev–Trinajstić information content (AvgIpc) is 2.73. The molecule has 0 saturated carbocycles. The number of nitrogens with one attached hydrogen (secondary N) is 1. The van der Waals surface area contributed by atoms with Crippen molar-refractivity contribution in [2.75, 3.05) is 20.8 Å². The lowest BCUT2D eigenvalue weighted by Crippen LogP contribution is -2.46. The highest BCUT2D eigenvalue weighted by Gasteiger charge is 2.28. The van der Waals surface area contributed by atoms with Crippen LogP contribution in [-0.2, 0) is 0 Å². The number of benzene rings is 1. The lowest BCUT2D eigenvalue weighted by molar-refractivity contribution is 0.0963. The summed E-state index contributed by atoms with van der Waals surface area (Å²) in [5, 5.41) is 3.26. The number of methoxy groups -OCH3 is 2. The van der Waals surface area contributed by atoms with Gasteiger partial charge in [-0.3, -0.25) is 15.1 Å². The first-order valence-corrected chi connectivity index (χ1v) is 9.29. The number of carbonyl (C=O) groups excluding carboxylic acids is 1. The maximum atomic E-state index is 12.9. The SMILES string of the molecule is COc1cccc(OC)c1C(=O)NC(=S)N1CCCCC1c1cccnc1. The molecule has 1 aromatic carbocycles. The highest BCUT2D eigenvalue weighted by atomic mass is 32.1. The van der Waals surface area contributed by atoms with Crippen LogP contribution in [0, 0.1) is 0 Å². The second-order valence-electron chi connectivity index (χ2n) is 6.29. The van der Waals surface area contributed by atoms with Crippen molar-refractivity contribution in [3.63, 3.8) is 0 Å². The van der Waals surface area contributed by atoms with Gasteiger partial charge in [0.2, 0.25) is 0 Å². The van der Waals surface area contributed by atoms with E-state index in [1.807, 2.05) is 18.3 Å². The van der Waals surface area contributed by atoms with E-state index >= 15 is 0 Å². The summed E-state index contributed by atoms with van der Waals surface area (Å²) in [5.74, 6) is 0.541. The van der Waals surface area contributed by atoms with Gasteiger partial charge in [0.15, 0.2) is 5.11 Å². The third-order valence-corrected chi connectivity index (χ3v) is 5.04. The van der Waals surface area contributed by atoms with Crippen LogP contribution in [0.1, 0.15) is 41.2 Å². The van der Waals surface area contributed by atoms with Gasteiger partial charge in [-0.05, 0) is 55.2 Å². The van der Waals surface area contributed by atoms with Gasteiger partial charge in [0, 0.05) is 18.9 Å². The first kappa shape index (κ1) is 19.1. The van der Waals surface area contributed by atoms with Gasteiger partial charge in [-0.15, -0.1) is 0 Å². The number of amides is 1. The summed E-state index contributed by atoms with van der Waals surface area (Å²) in [6.45, 7) is 0.793. The predicted molar refractivity (Wildman–Crippen MR) is 107 cm³/mol. The van der Waals surface area contributed by atoms with Crippen molar-refractivity contribution < 1.29 is 14.3 Å². The number of likely N-dealkylation sites (tertiary alicyclic amines) is 1. The number of hydrogen-bond donors (Lipinski definition) is 1. The quantitative estimate of drug-likeness (QED) is 0.815. The third kappa shape index (κ3) is 4.19. The van der Waals surface area contributed by atoms with E-state index in [2.05, 4.69) is 15.2 Å². The standard InChI is InChI=1S/C20H23N3O3S/c1-25-16-9-5-10-17(26-2)18(16)19(24)22-20(27)23-12-4-3-8-15(23)14-7-6-11-21-13-14/h5-7,9-11,13,15H,3-4,8,12H2,1-2H3,(H,22,24,27). The van der Waals surface area contributed by atoms with Crippen molar-refractivity contribution in [1.29, 1.82) is 0 Å². The largest absolute Gasteiger partial charge is 0.496 e. The molecule has 0 radical (unpaired) electrons. The zero-order chi connectivity index (χ0) is 19.2. The van der Waals surface area contributed by atoms with Crippen molar-refractivity contribution in [3.05, 3.63) is 53.9 Å². The van der Waals surface area contributed by atoms with Gasteiger partial charge in [-0.2, -0.15) is 0 Å². The normalized spacial score (nSPS) is 16.5. The van der Waals surface area contributed by atoms with Crippen LogP contribution in [0.5, 0.6) is 11.5 Å². The van der Waals surface area contributed by atoms with Gasteiger partial charge in [0.1, 0.15) is 17.1 Å². The summed E-state index contributed by atoms with van der Waals surface area (Å²) in [6.07, 6.45) is 6.73. The fraction of sp³-hybridized carbons (Fsp3) is 0.350. The van der Waals surface area contributed by atoms with Gasteiger partial charge in [-0.1, -0.05) is 12.1 Å². The number of aromatic nitrogens is 1. The number of hydrogen-bond acceptors (Lipinski definition) is 5. The van der Waals surface area contributed by atoms with Gasteiger partial charge >= 0.3 is 0 Å². The number of rotatable bonds is 4. The number of ether oxygens (including phenoxy) is 2. The number of piperidine rings is 1. The van der Waals surface area contributed by atoms with Crippen LogP contribution in [0.4, 0.5) is 0 Å². The minimum Gasteiger partial charge on any atom is -0.496 e. The van der Waals surface area contributed by atoms with Gasteiger partial charge < -0.3 is 14.4 Å². The summed E-state index contributed by atoms with van der Waals surface area (Å²) in [4.78, 5) is 19.2. The number of thiocarbonyl (C=S) groups is 1. The molecule has 1 atom stereocenters. The molecule has 7 heteroatoms. The molecule has 6 nitrogen and oxygen atoms in total. The van der Waals surface area contributed by atoms with E-state index in [0.29, 0.717) is 22.2 Å². The number of carbonyl (C=O) groups is 1. The summed E-state index contributed by atoms with van der Waals surface area (Å²) < 4.78 is 10.6. The van der Waals surface area contributed by atoms with E-state index in [1.165, 1.54) is 14.2 Å². The van der Waals surface area contributed by atoms with E-state index in [9.17, 15) is 4.79 Å². The molecule has 1 aliphatic heterocycles. The van der Waals surface area contributed by atoms with Crippen LogP contribution in [-0.4, -0.2) is 41.7 Å². The first-order chi connectivity index (χ1) is 13.2. The Kier molecular flexibility index (Phi) is 6.24. The molecular weight excluding hydrogens is 362 g/mol. The molecule has 0 bridgehead atoms. The van der Waals surface area contributed by atoms with Crippen LogP contribution in [0.2, 0.25) is 0 Å². The van der Waals surface area contributed by atoms with Crippen molar-refractivity contribution in [2.45, 2.75) is 25.3 Å². The van der Waals surface area contributed by atoms with E-state index < -0.39 is 0 Å². The summed E-state index contributed by atoms with van der Waals surface area (Å²) in [6, 6.07) is 9.29. The highest BCUT2D eigenvalue weighted by Crippen LogP contribution is 2.31. The van der Waals surface area contributed by atoms with Crippen LogP contribution in [0.3, 0.4) is 0 Å². The summed E-state index contributed by atoms with van der Waals surface area (Å²) >= 11 is 5.58.